The minimum atomic E-state index is -0.941. The summed E-state index contributed by atoms with van der Waals surface area (Å²) in [5.74, 6) is 0.879. The van der Waals surface area contributed by atoms with Gasteiger partial charge in [-0.1, -0.05) is 103 Å². The SMILES string of the molecule is C=C/C=C\C=C(\Cl)CC.CC.CC=NC1CCCC(C(C)C)CC1.CCC(c1ccc(C(=O)O)cc1)N(C)C=O. The summed E-state index contributed by atoms with van der Waals surface area (Å²) in [6, 6.07) is 7.24. The minimum Gasteiger partial charge on any atom is -0.478 e. The molecular weight excluding hydrogens is 520 g/mol. The van der Waals surface area contributed by atoms with Crippen LogP contribution in [0.25, 0.3) is 0 Å². The number of rotatable bonds is 10. The van der Waals surface area contributed by atoms with Gasteiger partial charge in [0.1, 0.15) is 0 Å². The van der Waals surface area contributed by atoms with Gasteiger partial charge in [0, 0.05) is 18.1 Å². The van der Waals surface area contributed by atoms with E-state index in [1.165, 1.54) is 32.1 Å². The third-order valence-electron chi connectivity index (χ3n) is 6.73. The summed E-state index contributed by atoms with van der Waals surface area (Å²) < 4.78 is 0. The predicted octanol–water partition coefficient (Wildman–Crippen LogP) is 9.89. The largest absolute Gasteiger partial charge is 0.478 e. The Morgan fingerprint density at radius 1 is 1.12 bits per heavy atom. The van der Waals surface area contributed by atoms with Gasteiger partial charge in [0.05, 0.1) is 11.6 Å². The second-order valence-corrected chi connectivity index (χ2v) is 10.3. The van der Waals surface area contributed by atoms with Gasteiger partial charge in [-0.05, 0) is 80.9 Å². The van der Waals surface area contributed by atoms with Gasteiger partial charge < -0.3 is 10.0 Å². The van der Waals surface area contributed by atoms with Gasteiger partial charge in [0.2, 0.25) is 6.41 Å². The lowest BCUT2D eigenvalue weighted by Gasteiger charge is -2.23. The molecule has 1 aromatic rings. The first kappa shape index (κ1) is 39.5. The second-order valence-electron chi connectivity index (χ2n) is 9.78. The van der Waals surface area contributed by atoms with Crippen LogP contribution in [0.5, 0.6) is 0 Å². The first-order chi connectivity index (χ1) is 19.1. The normalized spacial score (nSPS) is 17.8. The quantitative estimate of drug-likeness (QED) is 0.131. The maximum atomic E-state index is 10.7. The summed E-state index contributed by atoms with van der Waals surface area (Å²) in [7, 11) is 1.71. The van der Waals surface area contributed by atoms with Gasteiger partial charge in [-0.25, -0.2) is 4.79 Å². The fraction of sp³-hybridized carbons (Fsp3) is 0.559. The minimum absolute atomic E-state index is 0.000319. The molecular formula is C34H55ClN2O3. The molecule has 1 aliphatic carbocycles. The highest BCUT2D eigenvalue weighted by Crippen LogP contribution is 2.29. The predicted molar refractivity (Wildman–Crippen MR) is 175 cm³/mol. The van der Waals surface area contributed by atoms with Crippen LogP contribution in [-0.4, -0.2) is 41.7 Å². The number of hydrogen-bond acceptors (Lipinski definition) is 3. The molecule has 0 bridgehead atoms. The summed E-state index contributed by atoms with van der Waals surface area (Å²) in [6.07, 6.45) is 18.6. The summed E-state index contributed by atoms with van der Waals surface area (Å²) in [5.41, 5.74) is 1.20. The molecule has 0 spiro atoms. The Bertz CT molecular complexity index is 891. The lowest BCUT2D eigenvalue weighted by atomic mass is 9.89. The summed E-state index contributed by atoms with van der Waals surface area (Å²) in [5, 5.41) is 9.63. The van der Waals surface area contributed by atoms with E-state index in [1.54, 1.807) is 42.3 Å². The Labute approximate surface area is 250 Å². The Morgan fingerprint density at radius 3 is 2.20 bits per heavy atom. The fourth-order valence-corrected chi connectivity index (χ4v) is 4.45. The zero-order chi connectivity index (χ0) is 30.9. The zero-order valence-electron chi connectivity index (χ0n) is 26.3. The van der Waals surface area contributed by atoms with Crippen molar-refractivity contribution < 1.29 is 14.7 Å². The van der Waals surface area contributed by atoms with Crippen molar-refractivity contribution in [3.05, 3.63) is 71.3 Å². The van der Waals surface area contributed by atoms with Crippen molar-refractivity contribution in [2.75, 3.05) is 7.05 Å². The summed E-state index contributed by atoms with van der Waals surface area (Å²) >= 11 is 5.68. The first-order valence-corrected chi connectivity index (χ1v) is 15.1. The maximum absolute atomic E-state index is 10.7. The number of nitrogens with zero attached hydrogens (tertiary/aromatic N) is 2. The standard InChI is InChI=1S/C12H15NO3.C12H23N.C8H11Cl.C2H6/c1-3-11(13(2)8-14)9-4-6-10(7-5-9)12(15)16;1-4-13-12-7-5-6-11(8-9-12)10(2)3;1-3-5-6-7-8(9)4-2;1-2/h4-8,11H,3H2,1-2H3,(H,15,16);4,10-12H,5-9H2,1-3H3;3,5-7H,1,4H2,2H3;1-2H3/b;;6-5-,8-7+;. The number of carboxylic acid groups (broad SMARTS) is 1. The van der Waals surface area contributed by atoms with Crippen LogP contribution in [0.1, 0.15) is 115 Å². The lowest BCUT2D eigenvalue weighted by Crippen LogP contribution is -2.22. The van der Waals surface area contributed by atoms with E-state index in [4.69, 9.17) is 16.7 Å². The number of carboxylic acids is 1. The van der Waals surface area contributed by atoms with Crippen LogP contribution >= 0.6 is 11.6 Å². The number of aromatic carboxylic acids is 1. The highest BCUT2D eigenvalue weighted by atomic mass is 35.5. The van der Waals surface area contributed by atoms with Crippen LogP contribution in [0.15, 0.2) is 65.2 Å². The number of hydrogen-bond donors (Lipinski definition) is 1. The first-order valence-electron chi connectivity index (χ1n) is 14.8. The molecule has 1 aromatic carbocycles. The van der Waals surface area contributed by atoms with E-state index in [9.17, 15) is 9.59 Å². The van der Waals surface area contributed by atoms with Crippen LogP contribution in [0.2, 0.25) is 0 Å². The van der Waals surface area contributed by atoms with Crippen LogP contribution in [0, 0.1) is 11.8 Å². The van der Waals surface area contributed by atoms with E-state index in [2.05, 4.69) is 25.4 Å². The Kier molecular flexibility index (Phi) is 25.0. The van der Waals surface area contributed by atoms with Crippen molar-refractivity contribution in [1.82, 2.24) is 4.90 Å². The number of aliphatic imine (C=N–C) groups is 1. The molecule has 0 aliphatic heterocycles. The summed E-state index contributed by atoms with van der Waals surface area (Å²) in [4.78, 5) is 27.5. The molecule has 0 radical (unpaired) electrons. The van der Waals surface area contributed by atoms with E-state index in [-0.39, 0.29) is 11.6 Å². The third kappa shape index (κ3) is 17.8. The molecule has 40 heavy (non-hydrogen) atoms. The zero-order valence-corrected chi connectivity index (χ0v) is 27.0. The molecule has 1 amide bonds. The van der Waals surface area contributed by atoms with Crippen LogP contribution in [-0.2, 0) is 4.79 Å². The van der Waals surface area contributed by atoms with Crippen LogP contribution in [0.3, 0.4) is 0 Å². The molecule has 3 unspecified atom stereocenters. The highest BCUT2D eigenvalue weighted by Gasteiger charge is 2.20. The fourth-order valence-electron chi connectivity index (χ4n) is 4.37. The molecule has 5 nitrogen and oxygen atoms in total. The molecule has 0 heterocycles. The van der Waals surface area contributed by atoms with Crippen molar-refractivity contribution in [1.29, 1.82) is 0 Å². The van der Waals surface area contributed by atoms with Crippen LogP contribution < -0.4 is 0 Å². The van der Waals surface area contributed by atoms with Gasteiger partial charge in [-0.2, -0.15) is 0 Å². The molecule has 0 saturated heterocycles. The molecule has 1 fully saturated rings. The molecule has 226 valence electrons. The molecule has 1 saturated carbocycles. The van der Waals surface area contributed by atoms with E-state index >= 15 is 0 Å². The molecule has 2 rings (SSSR count). The molecule has 6 heteroatoms. The molecule has 0 aromatic heterocycles. The lowest BCUT2D eigenvalue weighted by molar-refractivity contribution is -0.119. The van der Waals surface area contributed by atoms with E-state index in [1.807, 2.05) is 59.1 Å². The molecule has 3 atom stereocenters. The number of allylic oxidation sites excluding steroid dienone is 5. The number of carbonyl (C=O) groups is 2. The maximum Gasteiger partial charge on any atom is 0.335 e. The van der Waals surface area contributed by atoms with Gasteiger partial charge in [0.25, 0.3) is 0 Å². The Balaban J connectivity index is 0. The van der Waals surface area contributed by atoms with E-state index in [0.29, 0.717) is 6.04 Å². The second kappa shape index (κ2) is 25.3. The Morgan fingerprint density at radius 2 is 1.75 bits per heavy atom. The van der Waals surface area contributed by atoms with Crippen molar-refractivity contribution >= 4 is 30.2 Å². The van der Waals surface area contributed by atoms with Gasteiger partial charge in [-0.3, -0.25) is 9.79 Å². The average Bonchev–Trinajstić information content (AvgIpc) is 3.21. The smallest absolute Gasteiger partial charge is 0.335 e. The van der Waals surface area contributed by atoms with Gasteiger partial charge >= 0.3 is 5.97 Å². The van der Waals surface area contributed by atoms with Gasteiger partial charge in [-0.15, -0.1) is 0 Å². The van der Waals surface area contributed by atoms with Crippen molar-refractivity contribution in [2.24, 2.45) is 16.8 Å². The molecule has 1 aliphatic rings. The third-order valence-corrected chi connectivity index (χ3v) is 7.13. The monoisotopic (exact) mass is 574 g/mol. The van der Waals surface area contributed by atoms with E-state index < -0.39 is 5.97 Å². The topological polar surface area (TPSA) is 70.0 Å². The number of amides is 1. The number of benzene rings is 1. The van der Waals surface area contributed by atoms with Crippen molar-refractivity contribution in [2.45, 2.75) is 105 Å². The number of carbonyl (C=O) groups excluding carboxylic acids is 1. The molecule has 1 N–H and O–H groups in total. The van der Waals surface area contributed by atoms with E-state index in [0.717, 1.165) is 41.7 Å². The summed E-state index contributed by atoms with van der Waals surface area (Å²) in [6.45, 7) is 18.3. The van der Waals surface area contributed by atoms with Gasteiger partial charge in [0.15, 0.2) is 0 Å². The van der Waals surface area contributed by atoms with Crippen molar-refractivity contribution in [3.63, 3.8) is 0 Å². The highest BCUT2D eigenvalue weighted by molar-refractivity contribution is 6.29. The Hall–Kier alpha value is -2.66. The van der Waals surface area contributed by atoms with Crippen molar-refractivity contribution in [3.8, 4) is 0 Å². The number of halogens is 1. The average molecular weight is 575 g/mol. The van der Waals surface area contributed by atoms with Crippen LogP contribution in [0.4, 0.5) is 0 Å².